The lowest BCUT2D eigenvalue weighted by atomic mass is 9.65. The molecule has 8 nitrogen and oxygen atoms in total. The molecule has 0 saturated heterocycles. The highest BCUT2D eigenvalue weighted by molar-refractivity contribution is 7.91. The molecular weight excluding hydrogens is 566 g/mol. The van der Waals surface area contributed by atoms with Crippen molar-refractivity contribution in [3.63, 3.8) is 0 Å². The SMILES string of the molecule is COc1ccc(-c2ccc(C)c(C(=O)CS(C)(=O)=O)n2)c(C)c1C1C2=C(CC(C)(C)CC2=O)OC2=C1C(=O)CC(C)(C)C2. The number of pyridine rings is 1. The maximum atomic E-state index is 13.9. The quantitative estimate of drug-likeness (QED) is 0.368. The largest absolute Gasteiger partial charge is 0.496 e. The average Bonchev–Trinajstić information content (AvgIpc) is 2.85. The van der Waals surface area contributed by atoms with Gasteiger partial charge in [-0.25, -0.2) is 13.4 Å². The second-order valence-corrected chi connectivity index (χ2v) is 15.9. The number of carbonyl (C=O) groups excluding carboxylic acids is 3. The number of allylic oxidation sites excluding steroid dienone is 4. The fraction of sp³-hybridized carbons (Fsp3) is 0.471. The summed E-state index contributed by atoms with van der Waals surface area (Å²) in [7, 11) is -1.98. The number of aromatic nitrogens is 1. The molecule has 0 unspecified atom stereocenters. The lowest BCUT2D eigenvalue weighted by Crippen LogP contribution is -2.38. The van der Waals surface area contributed by atoms with E-state index in [0.29, 0.717) is 76.5 Å². The van der Waals surface area contributed by atoms with Crippen LogP contribution in [-0.2, 0) is 24.2 Å². The first kappa shape index (κ1) is 30.9. The van der Waals surface area contributed by atoms with Crippen LogP contribution in [0, 0.1) is 24.7 Å². The molecule has 1 aromatic heterocycles. The van der Waals surface area contributed by atoms with E-state index in [1.54, 1.807) is 32.2 Å². The number of ketones is 3. The van der Waals surface area contributed by atoms with Crippen molar-refractivity contribution in [3.8, 4) is 17.0 Å². The first-order chi connectivity index (χ1) is 19.9. The maximum Gasteiger partial charge on any atom is 0.196 e. The van der Waals surface area contributed by atoms with Gasteiger partial charge in [-0.05, 0) is 54.0 Å². The van der Waals surface area contributed by atoms with Gasteiger partial charge in [0.25, 0.3) is 0 Å². The molecule has 0 amide bonds. The molecule has 43 heavy (non-hydrogen) atoms. The Labute approximate surface area is 253 Å². The number of methoxy groups -OCH3 is 1. The summed E-state index contributed by atoms with van der Waals surface area (Å²) >= 11 is 0. The molecule has 0 atom stereocenters. The molecule has 0 radical (unpaired) electrons. The normalized spacial score (nSPS) is 20.0. The molecule has 9 heteroatoms. The third-order valence-electron chi connectivity index (χ3n) is 8.60. The number of rotatable bonds is 6. The number of ether oxygens (including phenoxy) is 2. The molecule has 5 rings (SSSR count). The summed E-state index contributed by atoms with van der Waals surface area (Å²) in [4.78, 5) is 45.2. The van der Waals surface area contributed by atoms with Gasteiger partial charge in [-0.1, -0.05) is 33.8 Å². The second-order valence-electron chi connectivity index (χ2n) is 13.8. The number of nitrogens with zero attached hydrogens (tertiary/aromatic N) is 1. The van der Waals surface area contributed by atoms with Crippen LogP contribution in [0.1, 0.15) is 86.5 Å². The number of Topliss-reactive ketones (excluding diaryl/α,β-unsaturated/α-hetero) is 3. The minimum atomic E-state index is -3.55. The van der Waals surface area contributed by atoms with Gasteiger partial charge >= 0.3 is 0 Å². The summed E-state index contributed by atoms with van der Waals surface area (Å²) in [6.07, 6.45) is 2.83. The van der Waals surface area contributed by atoms with E-state index in [9.17, 15) is 22.8 Å². The van der Waals surface area contributed by atoms with Crippen LogP contribution >= 0.6 is 0 Å². The lowest BCUT2D eigenvalue weighted by Gasteiger charge is -2.43. The van der Waals surface area contributed by atoms with E-state index in [4.69, 9.17) is 9.47 Å². The van der Waals surface area contributed by atoms with E-state index < -0.39 is 27.3 Å². The Morgan fingerprint density at radius 3 is 2.00 bits per heavy atom. The second kappa shape index (κ2) is 10.5. The third-order valence-corrected chi connectivity index (χ3v) is 9.38. The average molecular weight is 606 g/mol. The summed E-state index contributed by atoms with van der Waals surface area (Å²) in [5.41, 5.74) is 3.71. The van der Waals surface area contributed by atoms with Crippen LogP contribution in [-0.4, -0.2) is 49.9 Å². The van der Waals surface area contributed by atoms with Crippen LogP contribution in [0.5, 0.6) is 5.75 Å². The number of hydrogen-bond donors (Lipinski definition) is 0. The van der Waals surface area contributed by atoms with Gasteiger partial charge < -0.3 is 9.47 Å². The standard InChI is InChI=1S/C34H39NO7S/c1-18-9-11-21(35-32(18)24(38)17-43(8,39)40)20-10-12-25(41-7)28(19(20)2)31-29-22(36)13-33(3,4)15-26(29)42-27-16-34(5,6)14-23(37)30(27)31/h9-12,31H,13-17H2,1-8H3. The van der Waals surface area contributed by atoms with Crippen LogP contribution in [0.2, 0.25) is 0 Å². The summed E-state index contributed by atoms with van der Waals surface area (Å²) < 4.78 is 36.0. The van der Waals surface area contributed by atoms with Crippen molar-refractivity contribution in [1.82, 2.24) is 4.98 Å². The van der Waals surface area contributed by atoms with Crippen molar-refractivity contribution in [1.29, 1.82) is 0 Å². The molecule has 2 aliphatic carbocycles. The molecule has 1 aliphatic heterocycles. The van der Waals surface area contributed by atoms with E-state index in [-0.39, 0.29) is 28.1 Å². The monoisotopic (exact) mass is 605 g/mol. The molecule has 0 fully saturated rings. The van der Waals surface area contributed by atoms with Gasteiger partial charge in [-0.2, -0.15) is 0 Å². The minimum Gasteiger partial charge on any atom is -0.496 e. The number of benzene rings is 1. The van der Waals surface area contributed by atoms with Crippen LogP contribution < -0.4 is 4.74 Å². The molecule has 228 valence electrons. The Balaban J connectivity index is 1.74. The van der Waals surface area contributed by atoms with E-state index >= 15 is 0 Å². The highest BCUT2D eigenvalue weighted by Crippen LogP contribution is 2.55. The number of aryl methyl sites for hydroxylation is 1. The van der Waals surface area contributed by atoms with Crippen LogP contribution in [0.4, 0.5) is 0 Å². The Bertz CT molecular complexity index is 1710. The fourth-order valence-electron chi connectivity index (χ4n) is 6.75. The molecule has 0 saturated carbocycles. The lowest BCUT2D eigenvalue weighted by molar-refractivity contribution is -0.120. The van der Waals surface area contributed by atoms with Crippen molar-refractivity contribution in [2.75, 3.05) is 19.1 Å². The maximum absolute atomic E-state index is 13.9. The van der Waals surface area contributed by atoms with Gasteiger partial charge in [0.1, 0.15) is 28.7 Å². The van der Waals surface area contributed by atoms with Crippen molar-refractivity contribution in [2.45, 2.75) is 73.1 Å². The smallest absolute Gasteiger partial charge is 0.196 e. The van der Waals surface area contributed by atoms with Crippen molar-refractivity contribution in [2.24, 2.45) is 10.8 Å². The van der Waals surface area contributed by atoms with E-state index in [2.05, 4.69) is 4.98 Å². The van der Waals surface area contributed by atoms with Crippen LogP contribution in [0.3, 0.4) is 0 Å². The topological polar surface area (TPSA) is 117 Å². The number of sulfone groups is 1. The van der Waals surface area contributed by atoms with E-state index in [0.717, 1.165) is 11.8 Å². The summed E-state index contributed by atoms with van der Waals surface area (Å²) in [6, 6.07) is 7.16. The molecule has 0 spiro atoms. The molecule has 2 heterocycles. The first-order valence-corrected chi connectivity index (χ1v) is 16.5. The Morgan fingerprint density at radius 1 is 0.930 bits per heavy atom. The Hall–Kier alpha value is -3.59. The predicted molar refractivity (Wildman–Crippen MR) is 164 cm³/mol. The molecule has 0 N–H and O–H groups in total. The van der Waals surface area contributed by atoms with Gasteiger partial charge in [0, 0.05) is 54.2 Å². The molecule has 3 aliphatic rings. The van der Waals surface area contributed by atoms with Gasteiger partial charge in [0.2, 0.25) is 0 Å². The molecule has 1 aromatic carbocycles. The zero-order chi connectivity index (χ0) is 31.6. The van der Waals surface area contributed by atoms with Crippen LogP contribution in [0.25, 0.3) is 11.3 Å². The van der Waals surface area contributed by atoms with Crippen molar-refractivity contribution in [3.05, 3.63) is 69.3 Å². The highest BCUT2D eigenvalue weighted by Gasteiger charge is 2.49. The number of hydrogen-bond acceptors (Lipinski definition) is 8. The summed E-state index contributed by atoms with van der Waals surface area (Å²) in [5, 5.41) is 0. The number of carbonyl (C=O) groups is 3. The zero-order valence-corrected chi connectivity index (χ0v) is 27.0. The predicted octanol–water partition coefficient (Wildman–Crippen LogP) is 6.00. The molecule has 0 bridgehead atoms. The van der Waals surface area contributed by atoms with Crippen molar-refractivity contribution < 1.29 is 32.3 Å². The Morgan fingerprint density at radius 2 is 1.49 bits per heavy atom. The van der Waals surface area contributed by atoms with Crippen molar-refractivity contribution >= 4 is 27.2 Å². The van der Waals surface area contributed by atoms with Gasteiger partial charge in [-0.3, -0.25) is 14.4 Å². The third kappa shape index (κ3) is 5.84. The van der Waals surface area contributed by atoms with Gasteiger partial charge in [0.15, 0.2) is 27.2 Å². The molecule has 2 aromatic rings. The van der Waals surface area contributed by atoms with E-state index in [1.807, 2.05) is 40.7 Å². The summed E-state index contributed by atoms with van der Waals surface area (Å²) in [6.45, 7) is 11.8. The van der Waals surface area contributed by atoms with Gasteiger partial charge in [0.05, 0.1) is 18.7 Å². The summed E-state index contributed by atoms with van der Waals surface area (Å²) in [5.74, 6) is -0.213. The zero-order valence-electron chi connectivity index (χ0n) is 26.1. The highest BCUT2D eigenvalue weighted by atomic mass is 32.2. The first-order valence-electron chi connectivity index (χ1n) is 14.5. The Kier molecular flexibility index (Phi) is 7.56. The minimum absolute atomic E-state index is 0.0468. The van der Waals surface area contributed by atoms with Gasteiger partial charge in [-0.15, -0.1) is 0 Å². The molecular formula is C34H39NO7S. The fourth-order valence-corrected chi connectivity index (χ4v) is 7.36. The van der Waals surface area contributed by atoms with Crippen LogP contribution in [0.15, 0.2) is 46.9 Å². The van der Waals surface area contributed by atoms with E-state index in [1.165, 1.54) is 0 Å².